The number of rotatable bonds is 4. The van der Waals surface area contributed by atoms with Gasteiger partial charge in [-0.3, -0.25) is 0 Å². The van der Waals surface area contributed by atoms with Crippen molar-refractivity contribution in [3.8, 4) is 44.5 Å². The molecule has 0 heteroatoms. The van der Waals surface area contributed by atoms with Crippen LogP contribution in [-0.2, 0) is 0 Å². The van der Waals surface area contributed by atoms with Crippen molar-refractivity contribution in [2.75, 3.05) is 0 Å². The minimum atomic E-state index is 0. The van der Waals surface area contributed by atoms with Crippen molar-refractivity contribution >= 4 is 0 Å². The fraction of sp³-hybridized carbons (Fsp3) is 0.160. The van der Waals surface area contributed by atoms with Crippen LogP contribution in [0, 0.1) is 41.5 Å². The predicted molar refractivity (Wildman–Crippen MR) is 223 cm³/mol. The van der Waals surface area contributed by atoms with Crippen molar-refractivity contribution in [2.24, 2.45) is 0 Å². The lowest BCUT2D eigenvalue weighted by Gasteiger charge is -2.11. The second-order valence-corrected chi connectivity index (χ2v) is 12.5. The fourth-order valence-corrected chi connectivity index (χ4v) is 6.11. The lowest BCUT2D eigenvalue weighted by Crippen LogP contribution is -1.86. The van der Waals surface area contributed by atoms with Gasteiger partial charge in [0, 0.05) is 0 Å². The minimum absolute atomic E-state index is 0. The van der Waals surface area contributed by atoms with E-state index in [0.717, 1.165) is 0 Å². The van der Waals surface area contributed by atoms with Crippen LogP contribution in [0.15, 0.2) is 170 Å². The fourth-order valence-electron chi connectivity index (χ4n) is 6.11. The van der Waals surface area contributed by atoms with Crippen LogP contribution < -0.4 is 0 Å². The van der Waals surface area contributed by atoms with Gasteiger partial charge in [0.25, 0.3) is 0 Å². The highest BCUT2D eigenvalue weighted by Crippen LogP contribution is 2.33. The Morgan fingerprint density at radius 1 is 0.240 bits per heavy atom. The van der Waals surface area contributed by atoms with Crippen LogP contribution in [0.4, 0.5) is 0 Å². The number of hydrogen-bond donors (Lipinski definition) is 0. The Hall–Kier alpha value is -5.46. The summed E-state index contributed by atoms with van der Waals surface area (Å²) in [7, 11) is 0. The molecule has 7 aromatic carbocycles. The van der Waals surface area contributed by atoms with Gasteiger partial charge in [-0.2, -0.15) is 0 Å². The van der Waals surface area contributed by atoms with Gasteiger partial charge in [-0.05, 0) is 108 Å². The molecule has 0 nitrogen and oxygen atoms in total. The quantitative estimate of drug-likeness (QED) is 0.177. The first-order chi connectivity index (χ1) is 23.3. The minimum Gasteiger partial charge on any atom is -0.0776 e. The zero-order valence-electron chi connectivity index (χ0n) is 29.2. The van der Waals surface area contributed by atoms with E-state index in [1.165, 1.54) is 77.9 Å². The van der Waals surface area contributed by atoms with Crippen molar-refractivity contribution < 1.29 is 0 Å². The number of benzene rings is 7. The molecule has 0 aliphatic heterocycles. The standard InChI is InChI=1S/C20H18.2C14H14.2CH4/c1-15-7-5-9-17(13-15)19-11-3-4-12-20(19)18-10-6-8-16(2)14-18;2*1-11-7-3-5-9-13(11)14-10-6-4-8-12(14)2;;/h3-14H,1-2H3;2*3-10H,1-2H3;2*1H4. The van der Waals surface area contributed by atoms with E-state index in [-0.39, 0.29) is 14.9 Å². The second-order valence-electron chi connectivity index (χ2n) is 12.5. The first-order valence-electron chi connectivity index (χ1n) is 16.8. The summed E-state index contributed by atoms with van der Waals surface area (Å²) in [6, 6.07) is 60.0. The van der Waals surface area contributed by atoms with Crippen LogP contribution in [0.25, 0.3) is 44.5 Å². The third-order valence-electron chi connectivity index (χ3n) is 8.75. The van der Waals surface area contributed by atoms with Crippen molar-refractivity contribution in [1.29, 1.82) is 0 Å². The molecule has 0 fully saturated rings. The molecule has 0 aromatic heterocycles. The largest absolute Gasteiger partial charge is 0.0776 e. The highest BCUT2D eigenvalue weighted by molar-refractivity contribution is 5.83. The van der Waals surface area contributed by atoms with Gasteiger partial charge in [0.15, 0.2) is 0 Å². The molecule has 0 aliphatic carbocycles. The summed E-state index contributed by atoms with van der Waals surface area (Å²) in [5.41, 5.74) is 18.4. The zero-order chi connectivity index (χ0) is 33.9. The topological polar surface area (TPSA) is 0 Å². The van der Waals surface area contributed by atoms with Crippen LogP contribution in [0.1, 0.15) is 48.2 Å². The van der Waals surface area contributed by atoms with Crippen molar-refractivity contribution in [2.45, 2.75) is 56.4 Å². The van der Waals surface area contributed by atoms with Gasteiger partial charge >= 0.3 is 0 Å². The number of hydrogen-bond acceptors (Lipinski definition) is 0. The molecule has 0 heterocycles. The maximum atomic E-state index is 2.24. The maximum absolute atomic E-state index is 2.24. The van der Waals surface area contributed by atoms with Crippen LogP contribution in [0.5, 0.6) is 0 Å². The molecular formula is C50H54. The summed E-state index contributed by atoms with van der Waals surface area (Å²) in [6.45, 7) is 12.9. The van der Waals surface area contributed by atoms with E-state index in [2.05, 4.69) is 211 Å². The lowest BCUT2D eigenvalue weighted by molar-refractivity contribution is 1.41. The van der Waals surface area contributed by atoms with Crippen molar-refractivity contribution in [1.82, 2.24) is 0 Å². The van der Waals surface area contributed by atoms with E-state index in [0.29, 0.717) is 0 Å². The molecule has 254 valence electrons. The highest BCUT2D eigenvalue weighted by Gasteiger charge is 2.07. The van der Waals surface area contributed by atoms with Crippen molar-refractivity contribution in [3.63, 3.8) is 0 Å². The SMILES string of the molecule is C.C.Cc1cccc(-c2ccccc2-c2cccc(C)c2)c1.Cc1ccccc1-c1ccccc1C.Cc1ccccc1-c1ccccc1C. The van der Waals surface area contributed by atoms with E-state index in [1.54, 1.807) is 0 Å². The summed E-state index contributed by atoms with van der Waals surface area (Å²) in [4.78, 5) is 0. The van der Waals surface area contributed by atoms with E-state index >= 15 is 0 Å². The third kappa shape index (κ3) is 10.0. The number of aryl methyl sites for hydroxylation is 6. The molecule has 0 radical (unpaired) electrons. The van der Waals surface area contributed by atoms with Gasteiger partial charge < -0.3 is 0 Å². The predicted octanol–water partition coefficient (Wildman–Crippen LogP) is 14.9. The summed E-state index contributed by atoms with van der Waals surface area (Å²) in [6.07, 6.45) is 0. The van der Waals surface area contributed by atoms with E-state index in [4.69, 9.17) is 0 Å². The van der Waals surface area contributed by atoms with Gasteiger partial charge in [-0.1, -0.05) is 196 Å². The zero-order valence-corrected chi connectivity index (χ0v) is 29.2. The summed E-state index contributed by atoms with van der Waals surface area (Å²) < 4.78 is 0. The van der Waals surface area contributed by atoms with Crippen LogP contribution in [0.3, 0.4) is 0 Å². The molecular weight excluding hydrogens is 601 g/mol. The molecule has 0 saturated carbocycles. The van der Waals surface area contributed by atoms with Crippen LogP contribution >= 0.6 is 0 Å². The van der Waals surface area contributed by atoms with E-state index < -0.39 is 0 Å². The monoisotopic (exact) mass is 654 g/mol. The molecule has 0 spiro atoms. The van der Waals surface area contributed by atoms with Gasteiger partial charge in [-0.15, -0.1) is 0 Å². The molecule has 0 bridgehead atoms. The Labute approximate surface area is 303 Å². The molecule has 7 aromatic rings. The molecule has 0 amide bonds. The Morgan fingerprint density at radius 2 is 0.480 bits per heavy atom. The van der Waals surface area contributed by atoms with Crippen LogP contribution in [-0.4, -0.2) is 0 Å². The van der Waals surface area contributed by atoms with Gasteiger partial charge in [-0.25, -0.2) is 0 Å². The van der Waals surface area contributed by atoms with Crippen molar-refractivity contribution in [3.05, 3.63) is 203 Å². The first-order valence-corrected chi connectivity index (χ1v) is 16.8. The molecule has 50 heavy (non-hydrogen) atoms. The average molecular weight is 655 g/mol. The molecule has 0 saturated heterocycles. The molecule has 0 unspecified atom stereocenters. The van der Waals surface area contributed by atoms with Gasteiger partial charge in [0.05, 0.1) is 0 Å². The molecule has 0 aliphatic rings. The smallest absolute Gasteiger partial charge is 0.0105 e. The van der Waals surface area contributed by atoms with Gasteiger partial charge in [0.2, 0.25) is 0 Å². The molecule has 0 atom stereocenters. The summed E-state index contributed by atoms with van der Waals surface area (Å²) >= 11 is 0. The third-order valence-corrected chi connectivity index (χ3v) is 8.75. The van der Waals surface area contributed by atoms with Crippen LogP contribution in [0.2, 0.25) is 0 Å². The first kappa shape index (κ1) is 39.0. The molecule has 0 N–H and O–H groups in total. The Morgan fingerprint density at radius 3 is 0.720 bits per heavy atom. The highest BCUT2D eigenvalue weighted by atomic mass is 14.1. The lowest BCUT2D eigenvalue weighted by atomic mass is 9.93. The second kappa shape index (κ2) is 18.9. The average Bonchev–Trinajstić information content (AvgIpc) is 3.10. The maximum Gasteiger partial charge on any atom is -0.0105 e. The van der Waals surface area contributed by atoms with E-state index in [1.807, 2.05) is 0 Å². The normalized spacial score (nSPS) is 9.88. The van der Waals surface area contributed by atoms with Gasteiger partial charge in [0.1, 0.15) is 0 Å². The Kier molecular flexibility index (Phi) is 14.7. The summed E-state index contributed by atoms with van der Waals surface area (Å²) in [5, 5.41) is 0. The molecule has 7 rings (SSSR count). The Bertz CT molecular complexity index is 1860. The summed E-state index contributed by atoms with van der Waals surface area (Å²) in [5.74, 6) is 0. The Balaban J connectivity index is 0.000000204. The van der Waals surface area contributed by atoms with E-state index in [9.17, 15) is 0 Å².